The van der Waals surface area contributed by atoms with E-state index in [1.165, 1.54) is 29.9 Å². The summed E-state index contributed by atoms with van der Waals surface area (Å²) in [7, 11) is 0. The van der Waals surface area contributed by atoms with Crippen LogP contribution in [0.4, 0.5) is 11.4 Å². The lowest BCUT2D eigenvalue weighted by molar-refractivity contribution is -0.384. The molecule has 0 radical (unpaired) electrons. The van der Waals surface area contributed by atoms with Crippen LogP contribution in [0.25, 0.3) is 10.2 Å². The minimum Gasteiger partial charge on any atom is -0.462 e. The summed E-state index contributed by atoms with van der Waals surface area (Å²) in [5.74, 6) is -1.20. The Hall–Kier alpha value is -3.60. The molecule has 0 unspecified atom stereocenters. The van der Waals surface area contributed by atoms with E-state index in [1.807, 2.05) is 0 Å². The largest absolute Gasteiger partial charge is 0.462 e. The fourth-order valence-electron chi connectivity index (χ4n) is 2.64. The van der Waals surface area contributed by atoms with Crippen LogP contribution in [0, 0.1) is 17.0 Å². The molecule has 3 aromatic rings. The average molecular weight is 416 g/mol. The van der Waals surface area contributed by atoms with E-state index in [-0.39, 0.29) is 35.5 Å². The van der Waals surface area contributed by atoms with Gasteiger partial charge in [-0.25, -0.2) is 9.78 Å². The maximum Gasteiger partial charge on any atom is 0.339 e. The van der Waals surface area contributed by atoms with Gasteiger partial charge in [0.2, 0.25) is 5.91 Å². The number of ether oxygens (including phenoxy) is 1. The Morgan fingerprint density at radius 1 is 1.38 bits per heavy atom. The van der Waals surface area contributed by atoms with E-state index in [2.05, 4.69) is 10.3 Å². The number of hydrogen-bond acceptors (Lipinski definition) is 8. The molecule has 150 valence electrons. The van der Waals surface area contributed by atoms with Gasteiger partial charge in [-0.2, -0.15) is 0 Å². The van der Waals surface area contributed by atoms with Crippen molar-refractivity contribution in [3.05, 3.63) is 61.5 Å². The molecule has 2 aromatic heterocycles. The highest BCUT2D eigenvalue weighted by molar-refractivity contribution is 7.17. The number of amides is 1. The highest BCUT2D eigenvalue weighted by Gasteiger charge is 2.19. The number of aromatic nitrogens is 2. The normalized spacial score (nSPS) is 10.7. The third kappa shape index (κ3) is 4.14. The van der Waals surface area contributed by atoms with Gasteiger partial charge >= 0.3 is 5.97 Å². The second kappa shape index (κ2) is 8.19. The molecule has 3 rings (SSSR count). The number of aryl methyl sites for hydroxylation is 1. The van der Waals surface area contributed by atoms with E-state index in [1.54, 1.807) is 13.8 Å². The third-order valence-corrected chi connectivity index (χ3v) is 4.96. The number of nitrogens with one attached hydrogen (secondary N) is 1. The Bertz CT molecular complexity index is 1180. The number of nitro benzene ring substituents is 1. The van der Waals surface area contributed by atoms with E-state index >= 15 is 0 Å². The van der Waals surface area contributed by atoms with Crippen LogP contribution < -0.4 is 10.9 Å². The van der Waals surface area contributed by atoms with Gasteiger partial charge in [-0.1, -0.05) is 6.07 Å². The van der Waals surface area contributed by atoms with Crippen LogP contribution in [0.3, 0.4) is 0 Å². The number of benzene rings is 1. The molecule has 0 aliphatic heterocycles. The molecule has 0 aliphatic carbocycles. The molecule has 0 saturated carbocycles. The van der Waals surface area contributed by atoms with Crippen LogP contribution >= 0.6 is 11.3 Å². The van der Waals surface area contributed by atoms with E-state index in [0.29, 0.717) is 10.4 Å². The molecule has 1 aromatic carbocycles. The maximum atomic E-state index is 12.8. The lowest BCUT2D eigenvalue weighted by Crippen LogP contribution is -2.28. The van der Waals surface area contributed by atoms with Gasteiger partial charge in [0.05, 0.1) is 34.5 Å². The molecule has 1 amide bonds. The summed E-state index contributed by atoms with van der Waals surface area (Å²) in [6.45, 7) is 3.14. The molecule has 10 nitrogen and oxygen atoms in total. The van der Waals surface area contributed by atoms with E-state index in [4.69, 9.17) is 4.74 Å². The summed E-state index contributed by atoms with van der Waals surface area (Å²) in [5.41, 5.74) is 0.295. The topological polar surface area (TPSA) is 133 Å². The second-order valence-electron chi connectivity index (χ2n) is 6.03. The zero-order chi connectivity index (χ0) is 21.1. The van der Waals surface area contributed by atoms with Gasteiger partial charge in [-0.3, -0.25) is 24.3 Å². The standard InChI is InChI=1S/C18H16N4O6S/c1-3-28-18(25)12-8-29-16-15(12)17(24)21(9-19-16)7-14(23)20-13-6-11(22(26)27)5-4-10(13)2/h4-6,8-9H,3,7H2,1-2H3,(H,20,23). The number of carbonyl (C=O) groups excluding carboxylic acids is 2. The molecule has 0 fully saturated rings. The lowest BCUT2D eigenvalue weighted by Gasteiger charge is -2.09. The Kier molecular flexibility index (Phi) is 5.69. The minimum absolute atomic E-state index is 0.0929. The predicted octanol–water partition coefficient (Wildman–Crippen LogP) is 2.49. The lowest BCUT2D eigenvalue weighted by atomic mass is 10.2. The smallest absolute Gasteiger partial charge is 0.339 e. The molecular weight excluding hydrogens is 400 g/mol. The molecule has 0 spiro atoms. The number of nitro groups is 1. The van der Waals surface area contributed by atoms with Gasteiger partial charge in [-0.15, -0.1) is 11.3 Å². The zero-order valence-electron chi connectivity index (χ0n) is 15.5. The molecule has 0 aliphatic rings. The number of thiophene rings is 1. The van der Waals surface area contributed by atoms with Crippen LogP contribution in [-0.4, -0.2) is 33.0 Å². The van der Waals surface area contributed by atoms with Crippen molar-refractivity contribution < 1.29 is 19.2 Å². The van der Waals surface area contributed by atoms with Crippen molar-refractivity contribution >= 4 is 44.8 Å². The zero-order valence-corrected chi connectivity index (χ0v) is 16.3. The molecular formula is C18H16N4O6S. The monoisotopic (exact) mass is 416 g/mol. The van der Waals surface area contributed by atoms with Crippen molar-refractivity contribution in [2.24, 2.45) is 0 Å². The third-order valence-electron chi connectivity index (χ3n) is 4.08. The number of carbonyl (C=O) groups is 2. The number of nitrogens with zero attached hydrogens (tertiary/aromatic N) is 3. The summed E-state index contributed by atoms with van der Waals surface area (Å²) >= 11 is 1.13. The fourth-order valence-corrected chi connectivity index (χ4v) is 3.51. The van der Waals surface area contributed by atoms with Crippen LogP contribution in [0.2, 0.25) is 0 Å². The first-order valence-corrected chi connectivity index (χ1v) is 9.38. The molecule has 2 heterocycles. The number of anilines is 1. The molecule has 11 heteroatoms. The first-order chi connectivity index (χ1) is 13.8. The van der Waals surface area contributed by atoms with Crippen molar-refractivity contribution in [1.29, 1.82) is 0 Å². The average Bonchev–Trinajstić information content (AvgIpc) is 3.11. The Balaban J connectivity index is 1.88. The summed E-state index contributed by atoms with van der Waals surface area (Å²) in [6, 6.07) is 4.10. The van der Waals surface area contributed by atoms with E-state index < -0.39 is 22.4 Å². The number of fused-ring (bicyclic) bond motifs is 1. The Morgan fingerprint density at radius 2 is 2.14 bits per heavy atom. The highest BCUT2D eigenvalue weighted by atomic mass is 32.1. The van der Waals surface area contributed by atoms with E-state index in [0.717, 1.165) is 15.9 Å². The highest BCUT2D eigenvalue weighted by Crippen LogP contribution is 2.23. The number of hydrogen-bond donors (Lipinski definition) is 1. The Labute approximate surface area is 167 Å². The van der Waals surface area contributed by atoms with Gasteiger partial charge in [0.25, 0.3) is 11.2 Å². The van der Waals surface area contributed by atoms with Crippen LogP contribution in [-0.2, 0) is 16.1 Å². The summed E-state index contributed by atoms with van der Waals surface area (Å²) in [4.78, 5) is 52.1. The summed E-state index contributed by atoms with van der Waals surface area (Å²) in [6.07, 6.45) is 1.22. The molecule has 29 heavy (non-hydrogen) atoms. The SMILES string of the molecule is CCOC(=O)c1csc2ncn(CC(=O)Nc3cc([N+](=O)[O-])ccc3C)c(=O)c12. The molecule has 0 bridgehead atoms. The summed E-state index contributed by atoms with van der Waals surface area (Å²) in [5, 5.41) is 15.1. The minimum atomic E-state index is -0.632. The van der Waals surface area contributed by atoms with Gasteiger partial charge in [0.15, 0.2) is 0 Å². The van der Waals surface area contributed by atoms with Crippen LogP contribution in [0.15, 0.2) is 34.7 Å². The Morgan fingerprint density at radius 3 is 2.83 bits per heavy atom. The first-order valence-electron chi connectivity index (χ1n) is 8.50. The molecule has 1 N–H and O–H groups in total. The predicted molar refractivity (Wildman–Crippen MR) is 106 cm³/mol. The van der Waals surface area contributed by atoms with E-state index in [9.17, 15) is 24.5 Å². The maximum absolute atomic E-state index is 12.8. The fraction of sp³-hybridized carbons (Fsp3) is 0.222. The van der Waals surface area contributed by atoms with Gasteiger partial charge in [0, 0.05) is 17.5 Å². The first kappa shape index (κ1) is 20.1. The van der Waals surface area contributed by atoms with Crippen LogP contribution in [0.1, 0.15) is 22.8 Å². The van der Waals surface area contributed by atoms with Gasteiger partial charge < -0.3 is 10.1 Å². The van der Waals surface area contributed by atoms with Gasteiger partial charge in [0.1, 0.15) is 11.4 Å². The number of non-ortho nitro benzene ring substituents is 1. The van der Waals surface area contributed by atoms with Crippen LogP contribution in [0.5, 0.6) is 0 Å². The number of rotatable bonds is 6. The molecule has 0 saturated heterocycles. The van der Waals surface area contributed by atoms with Crippen molar-refractivity contribution in [2.75, 3.05) is 11.9 Å². The van der Waals surface area contributed by atoms with Crippen molar-refractivity contribution in [2.45, 2.75) is 20.4 Å². The van der Waals surface area contributed by atoms with Crippen molar-refractivity contribution in [3.63, 3.8) is 0 Å². The quantitative estimate of drug-likeness (QED) is 0.371. The second-order valence-corrected chi connectivity index (χ2v) is 6.89. The molecule has 0 atom stereocenters. The summed E-state index contributed by atoms with van der Waals surface area (Å²) < 4.78 is 6.02. The van der Waals surface area contributed by atoms with Gasteiger partial charge in [-0.05, 0) is 19.4 Å². The van der Waals surface area contributed by atoms with Crippen molar-refractivity contribution in [1.82, 2.24) is 9.55 Å². The van der Waals surface area contributed by atoms with Crippen molar-refractivity contribution in [3.8, 4) is 0 Å². The number of esters is 1.